The predicted molar refractivity (Wildman–Crippen MR) is 78.8 cm³/mol. The minimum atomic E-state index is -0.342. The van der Waals surface area contributed by atoms with Gasteiger partial charge in [-0.2, -0.15) is 5.10 Å². The molecular formula is C14H21N5O. The average Bonchev–Trinajstić information content (AvgIpc) is 2.84. The number of rotatable bonds is 5. The van der Waals surface area contributed by atoms with E-state index in [0.717, 1.165) is 11.2 Å². The van der Waals surface area contributed by atoms with E-state index in [1.807, 2.05) is 26.1 Å². The predicted octanol–water partition coefficient (Wildman–Crippen LogP) is 1.79. The van der Waals surface area contributed by atoms with Gasteiger partial charge in [0.05, 0.1) is 5.69 Å². The lowest BCUT2D eigenvalue weighted by Crippen LogP contribution is -2.37. The summed E-state index contributed by atoms with van der Waals surface area (Å²) in [7, 11) is 0. The lowest BCUT2D eigenvalue weighted by atomic mass is 10.1. The number of hydrogen-bond acceptors (Lipinski definition) is 4. The molecule has 1 amide bonds. The van der Waals surface area contributed by atoms with E-state index >= 15 is 0 Å². The van der Waals surface area contributed by atoms with E-state index in [9.17, 15) is 4.79 Å². The van der Waals surface area contributed by atoms with Crippen molar-refractivity contribution in [2.45, 2.75) is 39.7 Å². The molecule has 0 saturated carbocycles. The molecule has 0 bridgehead atoms. The number of aromatic nitrogens is 3. The quantitative estimate of drug-likeness (QED) is 0.872. The lowest BCUT2D eigenvalue weighted by Gasteiger charge is -2.14. The molecule has 20 heavy (non-hydrogen) atoms. The van der Waals surface area contributed by atoms with Gasteiger partial charge in [-0.25, -0.2) is 9.50 Å². The van der Waals surface area contributed by atoms with Crippen molar-refractivity contribution in [1.29, 1.82) is 0 Å². The normalized spacial score (nSPS) is 12.7. The molecule has 0 radical (unpaired) electrons. The highest BCUT2D eigenvalue weighted by Crippen LogP contribution is 2.20. The van der Waals surface area contributed by atoms with Crippen LogP contribution in [0.1, 0.15) is 39.3 Å². The number of carbonyl (C=O) groups is 1. The summed E-state index contributed by atoms with van der Waals surface area (Å²) in [6.45, 7) is 8.53. The Bertz CT molecular complexity index is 605. The van der Waals surface area contributed by atoms with Gasteiger partial charge in [-0.15, -0.1) is 0 Å². The van der Waals surface area contributed by atoms with Gasteiger partial charge in [0.1, 0.15) is 11.6 Å². The Hall–Kier alpha value is -2.11. The molecular weight excluding hydrogens is 254 g/mol. The highest BCUT2D eigenvalue weighted by Gasteiger charge is 2.15. The zero-order valence-electron chi connectivity index (χ0n) is 12.3. The molecule has 2 aromatic rings. The zero-order valence-corrected chi connectivity index (χ0v) is 12.3. The van der Waals surface area contributed by atoms with Crippen LogP contribution in [-0.4, -0.2) is 33.1 Å². The second-order valence-corrected chi connectivity index (χ2v) is 5.09. The summed E-state index contributed by atoms with van der Waals surface area (Å²) in [5.41, 5.74) is 1.89. The van der Waals surface area contributed by atoms with Gasteiger partial charge in [0.2, 0.25) is 5.91 Å². The fourth-order valence-corrected chi connectivity index (χ4v) is 1.93. The third-order valence-corrected chi connectivity index (χ3v) is 3.10. The van der Waals surface area contributed by atoms with Crippen LogP contribution < -0.4 is 10.6 Å². The maximum Gasteiger partial charge on any atom is 0.242 e. The van der Waals surface area contributed by atoms with Crippen LogP contribution >= 0.6 is 0 Å². The van der Waals surface area contributed by atoms with E-state index in [4.69, 9.17) is 0 Å². The molecule has 2 heterocycles. The monoisotopic (exact) mass is 275 g/mol. The average molecular weight is 275 g/mol. The Balaban J connectivity index is 2.28. The van der Waals surface area contributed by atoms with Gasteiger partial charge < -0.3 is 10.6 Å². The van der Waals surface area contributed by atoms with Crippen molar-refractivity contribution < 1.29 is 4.79 Å². The Morgan fingerprint density at radius 2 is 2.15 bits per heavy atom. The van der Waals surface area contributed by atoms with Crippen molar-refractivity contribution in [2.24, 2.45) is 0 Å². The van der Waals surface area contributed by atoms with Gasteiger partial charge in [0.15, 0.2) is 5.82 Å². The van der Waals surface area contributed by atoms with Gasteiger partial charge in [0.25, 0.3) is 0 Å². The number of fused-ring (bicyclic) bond motifs is 1. The fourth-order valence-electron chi connectivity index (χ4n) is 1.93. The Morgan fingerprint density at radius 1 is 1.40 bits per heavy atom. The molecule has 0 aliphatic carbocycles. The first-order valence-electron chi connectivity index (χ1n) is 6.91. The number of amides is 1. The van der Waals surface area contributed by atoms with Crippen LogP contribution in [0.5, 0.6) is 0 Å². The van der Waals surface area contributed by atoms with Gasteiger partial charge in [-0.1, -0.05) is 13.8 Å². The third kappa shape index (κ3) is 2.89. The smallest absolute Gasteiger partial charge is 0.242 e. The molecule has 1 atom stereocenters. The molecule has 0 spiro atoms. The summed E-state index contributed by atoms with van der Waals surface area (Å²) in [6, 6.07) is 1.66. The largest absolute Gasteiger partial charge is 0.357 e. The number of anilines is 1. The highest BCUT2D eigenvalue weighted by molar-refractivity contribution is 5.85. The number of carbonyl (C=O) groups excluding carboxylic acids is 1. The Kier molecular flexibility index (Phi) is 4.22. The summed E-state index contributed by atoms with van der Waals surface area (Å²) >= 11 is 0. The van der Waals surface area contributed by atoms with Crippen LogP contribution in [0.15, 0.2) is 18.5 Å². The maximum atomic E-state index is 11.8. The Morgan fingerprint density at radius 3 is 2.80 bits per heavy atom. The molecule has 0 saturated heterocycles. The van der Waals surface area contributed by atoms with E-state index in [0.29, 0.717) is 18.3 Å². The van der Waals surface area contributed by atoms with Crippen molar-refractivity contribution in [3.05, 3.63) is 24.2 Å². The van der Waals surface area contributed by atoms with Crippen molar-refractivity contribution in [1.82, 2.24) is 19.9 Å². The van der Waals surface area contributed by atoms with E-state index in [1.54, 1.807) is 10.7 Å². The number of likely N-dealkylation sites (N-methyl/N-ethyl adjacent to an activating group) is 1. The highest BCUT2D eigenvalue weighted by atomic mass is 16.2. The van der Waals surface area contributed by atoms with Gasteiger partial charge in [-0.3, -0.25) is 4.79 Å². The zero-order chi connectivity index (χ0) is 14.7. The second kappa shape index (κ2) is 5.90. The lowest BCUT2D eigenvalue weighted by molar-refractivity contribution is -0.121. The van der Waals surface area contributed by atoms with E-state index < -0.39 is 0 Å². The minimum Gasteiger partial charge on any atom is -0.357 e. The molecule has 1 unspecified atom stereocenters. The van der Waals surface area contributed by atoms with Crippen LogP contribution in [0.3, 0.4) is 0 Å². The maximum absolute atomic E-state index is 11.8. The van der Waals surface area contributed by atoms with Crippen LogP contribution in [0.2, 0.25) is 0 Å². The standard InChI is InChI=1S/C14H21N5O/c1-5-15-14(20)10(4)17-13-12-8-11(9(2)3)18-19(12)7-6-16-13/h6-10H,5H2,1-4H3,(H,15,20)(H,16,17). The molecule has 2 N–H and O–H groups in total. The molecule has 0 aromatic carbocycles. The van der Waals surface area contributed by atoms with Gasteiger partial charge in [0, 0.05) is 18.9 Å². The van der Waals surface area contributed by atoms with Gasteiger partial charge in [-0.05, 0) is 25.8 Å². The third-order valence-electron chi connectivity index (χ3n) is 3.10. The molecule has 0 aliphatic heterocycles. The molecule has 0 aliphatic rings. The van der Waals surface area contributed by atoms with Crippen molar-refractivity contribution in [3.8, 4) is 0 Å². The van der Waals surface area contributed by atoms with E-state index in [-0.39, 0.29) is 11.9 Å². The minimum absolute atomic E-state index is 0.0418. The van der Waals surface area contributed by atoms with Gasteiger partial charge >= 0.3 is 0 Å². The molecule has 0 fully saturated rings. The first kappa shape index (κ1) is 14.3. The van der Waals surface area contributed by atoms with E-state index in [1.165, 1.54) is 0 Å². The number of nitrogens with zero attached hydrogens (tertiary/aromatic N) is 3. The molecule has 2 rings (SSSR count). The van der Waals surface area contributed by atoms with Crippen molar-refractivity contribution >= 4 is 17.2 Å². The summed E-state index contributed by atoms with van der Waals surface area (Å²) in [6.07, 6.45) is 3.49. The fraction of sp³-hybridized carbons (Fsp3) is 0.500. The van der Waals surface area contributed by atoms with Crippen LogP contribution in [-0.2, 0) is 4.79 Å². The molecule has 6 nitrogen and oxygen atoms in total. The summed E-state index contributed by atoms with van der Waals surface area (Å²) in [5.74, 6) is 0.981. The van der Waals surface area contributed by atoms with Crippen molar-refractivity contribution in [2.75, 3.05) is 11.9 Å². The molecule has 2 aromatic heterocycles. The molecule has 108 valence electrons. The number of nitrogens with one attached hydrogen (secondary N) is 2. The molecule has 6 heteroatoms. The van der Waals surface area contributed by atoms with Crippen LogP contribution in [0.25, 0.3) is 5.52 Å². The van der Waals surface area contributed by atoms with Crippen LogP contribution in [0.4, 0.5) is 5.82 Å². The second-order valence-electron chi connectivity index (χ2n) is 5.09. The number of hydrogen-bond donors (Lipinski definition) is 2. The summed E-state index contributed by atoms with van der Waals surface area (Å²) in [5, 5.41) is 10.4. The Labute approximate surface area is 118 Å². The topological polar surface area (TPSA) is 71.3 Å². The van der Waals surface area contributed by atoms with Crippen molar-refractivity contribution in [3.63, 3.8) is 0 Å². The summed E-state index contributed by atoms with van der Waals surface area (Å²) in [4.78, 5) is 16.1. The SMILES string of the molecule is CCNC(=O)C(C)Nc1nccn2nc(C(C)C)cc12. The summed E-state index contributed by atoms with van der Waals surface area (Å²) < 4.78 is 1.79. The first-order chi connectivity index (χ1) is 9.52. The van der Waals surface area contributed by atoms with Crippen LogP contribution in [0, 0.1) is 0 Å². The first-order valence-corrected chi connectivity index (χ1v) is 6.91. The van der Waals surface area contributed by atoms with E-state index in [2.05, 4.69) is 34.6 Å².